The number of furan rings is 1. The van der Waals surface area contributed by atoms with Crippen LogP contribution < -0.4 is 10.6 Å². The summed E-state index contributed by atoms with van der Waals surface area (Å²) in [6, 6.07) is 16.5. The van der Waals surface area contributed by atoms with E-state index in [4.69, 9.17) is 4.42 Å². The van der Waals surface area contributed by atoms with E-state index in [9.17, 15) is 14.4 Å². The molecule has 2 fully saturated rings. The van der Waals surface area contributed by atoms with Crippen molar-refractivity contribution in [2.45, 2.75) is 43.2 Å². The molecule has 7 nitrogen and oxygen atoms in total. The standard InChI is InChI=1S/C28H25N3O4/c1-2-16-11-12-20-18(15-16)28(26(34)30-20)27(17-7-3-4-8-19(17)29-25(27)33)23(21-9-5-13-31(21)28)24(32)22-10-6-14-35-22/h3-4,6-8,10-12,14-15,21,23H,2,5,9,13H2,1H3,(H,29,33)(H,30,34). The molecule has 5 heterocycles. The molecule has 0 radical (unpaired) electrons. The molecule has 2 aromatic carbocycles. The van der Waals surface area contributed by atoms with Crippen LogP contribution in [-0.4, -0.2) is 35.1 Å². The monoisotopic (exact) mass is 467 g/mol. The van der Waals surface area contributed by atoms with Crippen LogP contribution in [0.25, 0.3) is 0 Å². The number of rotatable bonds is 3. The first-order valence-electron chi connectivity index (χ1n) is 12.3. The summed E-state index contributed by atoms with van der Waals surface area (Å²) in [6.07, 6.45) is 3.85. The normalized spacial score (nSPS) is 30.4. The number of hydrogen-bond donors (Lipinski definition) is 2. The zero-order valence-corrected chi connectivity index (χ0v) is 19.3. The van der Waals surface area contributed by atoms with Gasteiger partial charge in [0.05, 0.1) is 12.2 Å². The van der Waals surface area contributed by atoms with Crippen molar-refractivity contribution in [3.05, 3.63) is 83.3 Å². The zero-order chi connectivity index (χ0) is 23.9. The second-order valence-corrected chi connectivity index (χ2v) is 9.93. The van der Waals surface area contributed by atoms with E-state index in [1.54, 1.807) is 12.1 Å². The molecule has 35 heavy (non-hydrogen) atoms. The predicted molar refractivity (Wildman–Crippen MR) is 129 cm³/mol. The van der Waals surface area contributed by atoms with Crippen molar-refractivity contribution in [1.29, 1.82) is 0 Å². The first kappa shape index (κ1) is 20.6. The summed E-state index contributed by atoms with van der Waals surface area (Å²) in [5, 5.41) is 6.15. The van der Waals surface area contributed by atoms with Crippen LogP contribution in [0.5, 0.6) is 0 Å². The fraction of sp³-hybridized carbons (Fsp3) is 0.321. The molecular formula is C28H25N3O4. The molecule has 2 spiro atoms. The van der Waals surface area contributed by atoms with Gasteiger partial charge >= 0.3 is 0 Å². The van der Waals surface area contributed by atoms with E-state index in [1.165, 1.54) is 6.26 Å². The summed E-state index contributed by atoms with van der Waals surface area (Å²) >= 11 is 0. The molecule has 2 saturated heterocycles. The highest BCUT2D eigenvalue weighted by Gasteiger charge is 2.81. The van der Waals surface area contributed by atoms with E-state index in [0.29, 0.717) is 23.5 Å². The first-order chi connectivity index (χ1) is 17.0. The third-order valence-electron chi connectivity index (χ3n) is 8.62. The number of fused-ring (bicyclic) bond motifs is 7. The lowest BCUT2D eigenvalue weighted by molar-refractivity contribution is -0.137. The van der Waals surface area contributed by atoms with Gasteiger partial charge in [0, 0.05) is 23.0 Å². The Balaban J connectivity index is 1.61. The Morgan fingerprint density at radius 2 is 1.83 bits per heavy atom. The van der Waals surface area contributed by atoms with Gasteiger partial charge in [-0.25, -0.2) is 0 Å². The van der Waals surface area contributed by atoms with E-state index >= 15 is 0 Å². The largest absolute Gasteiger partial charge is 0.461 e. The second kappa shape index (κ2) is 6.92. The second-order valence-electron chi connectivity index (χ2n) is 9.93. The average Bonchev–Trinajstić information content (AvgIpc) is 3.67. The Bertz CT molecular complexity index is 1410. The Morgan fingerprint density at radius 3 is 2.63 bits per heavy atom. The number of anilines is 2. The molecule has 0 saturated carbocycles. The lowest BCUT2D eigenvalue weighted by atomic mass is 9.57. The minimum atomic E-state index is -1.43. The van der Waals surface area contributed by atoms with Crippen LogP contribution in [0.1, 0.15) is 47.0 Å². The van der Waals surface area contributed by atoms with Gasteiger partial charge in [0.1, 0.15) is 11.0 Å². The summed E-state index contributed by atoms with van der Waals surface area (Å²) in [5.41, 5.74) is 1.17. The summed E-state index contributed by atoms with van der Waals surface area (Å²) in [7, 11) is 0. The van der Waals surface area contributed by atoms with Crippen molar-refractivity contribution in [2.24, 2.45) is 5.92 Å². The third kappa shape index (κ3) is 2.23. The van der Waals surface area contributed by atoms with Crippen molar-refractivity contribution in [3.8, 4) is 0 Å². The van der Waals surface area contributed by atoms with Gasteiger partial charge in [-0.05, 0) is 61.2 Å². The SMILES string of the molecule is CCc1ccc2c(c1)C1(C(=O)N2)N2CCCC2C(C(=O)c2ccco2)C12C(=O)Nc1ccccc12. The molecule has 0 bridgehead atoms. The minimum Gasteiger partial charge on any atom is -0.461 e. The maximum absolute atomic E-state index is 14.3. The fourth-order valence-electron chi connectivity index (χ4n) is 7.42. The number of hydrogen-bond acceptors (Lipinski definition) is 5. The summed E-state index contributed by atoms with van der Waals surface area (Å²) in [5.74, 6) is -1.33. The van der Waals surface area contributed by atoms with E-state index in [-0.39, 0.29) is 29.4 Å². The van der Waals surface area contributed by atoms with Crippen LogP contribution in [0.15, 0.2) is 65.3 Å². The molecule has 176 valence electrons. The molecule has 4 aliphatic rings. The summed E-state index contributed by atoms with van der Waals surface area (Å²) in [6.45, 7) is 2.70. The molecular weight excluding hydrogens is 442 g/mol. The zero-order valence-electron chi connectivity index (χ0n) is 19.3. The molecule has 4 unspecified atom stereocenters. The van der Waals surface area contributed by atoms with Crippen molar-refractivity contribution < 1.29 is 18.8 Å². The summed E-state index contributed by atoms with van der Waals surface area (Å²) in [4.78, 5) is 45.0. The minimum absolute atomic E-state index is 0.219. The van der Waals surface area contributed by atoms with Crippen LogP contribution in [-0.2, 0) is 27.0 Å². The Hall–Kier alpha value is -3.71. The van der Waals surface area contributed by atoms with Crippen LogP contribution in [0.4, 0.5) is 11.4 Å². The molecule has 7 heteroatoms. The van der Waals surface area contributed by atoms with Crippen molar-refractivity contribution in [1.82, 2.24) is 4.90 Å². The van der Waals surface area contributed by atoms with Crippen LogP contribution in [0, 0.1) is 5.92 Å². The average molecular weight is 468 g/mol. The molecule has 7 rings (SSSR count). The van der Waals surface area contributed by atoms with E-state index in [2.05, 4.69) is 28.5 Å². The Kier molecular flexibility index (Phi) is 4.08. The van der Waals surface area contributed by atoms with Gasteiger partial charge in [0.2, 0.25) is 11.7 Å². The van der Waals surface area contributed by atoms with Gasteiger partial charge in [-0.2, -0.15) is 0 Å². The van der Waals surface area contributed by atoms with Crippen LogP contribution >= 0.6 is 0 Å². The van der Waals surface area contributed by atoms with Gasteiger partial charge in [-0.3, -0.25) is 19.3 Å². The van der Waals surface area contributed by atoms with Crippen molar-refractivity contribution >= 4 is 29.0 Å². The molecule has 2 amide bonds. The Labute approximate surface area is 202 Å². The van der Waals surface area contributed by atoms with E-state index < -0.39 is 16.9 Å². The number of aryl methyl sites for hydroxylation is 1. The van der Waals surface area contributed by atoms with Crippen LogP contribution in [0.2, 0.25) is 0 Å². The number of nitrogens with zero attached hydrogens (tertiary/aromatic N) is 1. The number of amides is 2. The number of Topliss-reactive ketones (excluding diaryl/α,β-unsaturated/α-hetero) is 1. The van der Waals surface area contributed by atoms with Gasteiger partial charge in [0.15, 0.2) is 5.76 Å². The van der Waals surface area contributed by atoms with Gasteiger partial charge in [-0.1, -0.05) is 37.3 Å². The highest BCUT2D eigenvalue weighted by molar-refractivity contribution is 6.20. The van der Waals surface area contributed by atoms with Gasteiger partial charge in [-0.15, -0.1) is 0 Å². The molecule has 2 N–H and O–H groups in total. The molecule has 4 atom stereocenters. The molecule has 3 aromatic rings. The Morgan fingerprint density at radius 1 is 1.03 bits per heavy atom. The number of carbonyl (C=O) groups is 3. The lowest BCUT2D eigenvalue weighted by Crippen LogP contribution is -2.62. The number of nitrogens with one attached hydrogen (secondary N) is 2. The smallest absolute Gasteiger partial charge is 0.251 e. The number of para-hydroxylation sites is 1. The lowest BCUT2D eigenvalue weighted by Gasteiger charge is -2.43. The molecule has 1 aromatic heterocycles. The summed E-state index contributed by atoms with van der Waals surface area (Å²) < 4.78 is 5.57. The predicted octanol–water partition coefficient (Wildman–Crippen LogP) is 3.86. The number of ketones is 1. The number of carbonyl (C=O) groups excluding carboxylic acids is 3. The topological polar surface area (TPSA) is 91.7 Å². The third-order valence-corrected chi connectivity index (χ3v) is 8.62. The maximum atomic E-state index is 14.3. The highest BCUT2D eigenvalue weighted by Crippen LogP contribution is 2.67. The molecule has 0 aliphatic carbocycles. The maximum Gasteiger partial charge on any atom is 0.251 e. The van der Waals surface area contributed by atoms with Crippen molar-refractivity contribution in [3.63, 3.8) is 0 Å². The van der Waals surface area contributed by atoms with Gasteiger partial charge < -0.3 is 15.1 Å². The van der Waals surface area contributed by atoms with Crippen LogP contribution in [0.3, 0.4) is 0 Å². The quantitative estimate of drug-likeness (QED) is 0.571. The van der Waals surface area contributed by atoms with E-state index in [0.717, 1.165) is 30.4 Å². The highest BCUT2D eigenvalue weighted by atomic mass is 16.3. The van der Waals surface area contributed by atoms with Gasteiger partial charge in [0.25, 0.3) is 5.91 Å². The van der Waals surface area contributed by atoms with Crippen molar-refractivity contribution in [2.75, 3.05) is 17.2 Å². The fourth-order valence-corrected chi connectivity index (χ4v) is 7.42. The molecule has 4 aliphatic heterocycles. The van der Waals surface area contributed by atoms with E-state index in [1.807, 2.05) is 36.4 Å². The number of benzene rings is 2. The first-order valence-corrected chi connectivity index (χ1v) is 12.3.